The van der Waals surface area contributed by atoms with Crippen molar-refractivity contribution >= 4 is 17.4 Å². The van der Waals surface area contributed by atoms with E-state index in [1.807, 2.05) is 0 Å². The third-order valence-corrected chi connectivity index (χ3v) is 4.76. The number of carbonyl (C=O) groups is 2. The van der Waals surface area contributed by atoms with Gasteiger partial charge < -0.3 is 9.84 Å². The van der Waals surface area contributed by atoms with E-state index in [0.717, 1.165) is 0 Å². The molecule has 2 heterocycles. The van der Waals surface area contributed by atoms with Gasteiger partial charge in [-0.05, 0) is 24.6 Å². The minimum absolute atomic E-state index is 0.0152. The Hall–Kier alpha value is -2.32. The summed E-state index contributed by atoms with van der Waals surface area (Å²) in [6.45, 7) is 2.15. The van der Waals surface area contributed by atoms with Crippen LogP contribution in [0.4, 0.5) is 5.69 Å². The molecule has 0 saturated carbocycles. The largest absolute Gasteiger partial charge is 0.459 e. The molecule has 1 aromatic carbocycles. The number of hydrogen-bond acceptors (Lipinski definition) is 7. The molecule has 4 atom stereocenters. The molecule has 2 aliphatic rings. The van der Waals surface area contributed by atoms with Gasteiger partial charge in [0.2, 0.25) is 0 Å². The summed E-state index contributed by atoms with van der Waals surface area (Å²) in [7, 11) is 0. The zero-order valence-electron chi connectivity index (χ0n) is 13.1. The van der Waals surface area contributed by atoms with E-state index in [1.54, 1.807) is 11.8 Å². The molecule has 2 fully saturated rings. The fourth-order valence-corrected chi connectivity index (χ4v) is 3.36. The molecule has 3 rings (SSSR count). The quantitative estimate of drug-likeness (QED) is 0.364. The summed E-state index contributed by atoms with van der Waals surface area (Å²) in [5.74, 6) is -0.775. The van der Waals surface area contributed by atoms with E-state index < -0.39 is 23.0 Å². The lowest BCUT2D eigenvalue weighted by Gasteiger charge is -2.46. The number of nitrogens with zero attached hydrogens (tertiary/aromatic N) is 2. The molecule has 0 bridgehead atoms. The van der Waals surface area contributed by atoms with Gasteiger partial charge in [-0.3, -0.25) is 19.8 Å². The molecule has 128 valence electrons. The van der Waals surface area contributed by atoms with Crippen LogP contribution in [0.15, 0.2) is 24.3 Å². The molecule has 2 saturated heterocycles. The highest BCUT2D eigenvalue weighted by molar-refractivity contribution is 6.05. The van der Waals surface area contributed by atoms with Gasteiger partial charge in [-0.25, -0.2) is 4.79 Å². The number of benzene rings is 1. The van der Waals surface area contributed by atoms with Gasteiger partial charge in [0.15, 0.2) is 11.8 Å². The van der Waals surface area contributed by atoms with Crippen molar-refractivity contribution in [1.82, 2.24) is 4.90 Å². The van der Waals surface area contributed by atoms with Crippen LogP contribution in [-0.2, 0) is 20.9 Å². The van der Waals surface area contributed by atoms with Crippen LogP contribution in [0, 0.1) is 16.0 Å². The summed E-state index contributed by atoms with van der Waals surface area (Å²) in [5, 5.41) is 20.2. The number of aliphatic hydroxyl groups is 1. The number of aliphatic hydroxyl groups excluding tert-OH is 1. The van der Waals surface area contributed by atoms with E-state index in [2.05, 4.69) is 0 Å². The molecular formula is C16H18N2O6. The standard InChI is InChI=1S/C16H18N2O6/c1-9(19)12-7-17-13(12)6-14(20)15(17)16(21)24-8-10-2-4-11(5-3-10)18(22)23/h2-5,9,12-13,15,19H,6-8H2,1H3/t9-,12-,13-,15-/m1/s1. The van der Waals surface area contributed by atoms with Crippen LogP contribution in [0.5, 0.6) is 0 Å². The molecule has 1 aromatic rings. The summed E-state index contributed by atoms with van der Waals surface area (Å²) >= 11 is 0. The number of non-ortho nitro benzene ring substituents is 1. The van der Waals surface area contributed by atoms with Gasteiger partial charge in [-0.1, -0.05) is 0 Å². The molecule has 0 aliphatic carbocycles. The second-order valence-corrected chi connectivity index (χ2v) is 6.27. The summed E-state index contributed by atoms with van der Waals surface area (Å²) in [6, 6.07) is 4.71. The molecule has 0 radical (unpaired) electrons. The Morgan fingerprint density at radius 2 is 2.12 bits per heavy atom. The van der Waals surface area contributed by atoms with Gasteiger partial charge >= 0.3 is 5.97 Å². The second-order valence-electron chi connectivity index (χ2n) is 6.27. The number of carbonyl (C=O) groups excluding carboxylic acids is 2. The third-order valence-electron chi connectivity index (χ3n) is 4.76. The Kier molecular flexibility index (Phi) is 4.33. The zero-order valence-corrected chi connectivity index (χ0v) is 13.1. The number of fused-ring (bicyclic) bond motifs is 1. The van der Waals surface area contributed by atoms with Crippen LogP contribution < -0.4 is 0 Å². The monoisotopic (exact) mass is 334 g/mol. The molecule has 0 spiro atoms. The maximum atomic E-state index is 12.2. The van der Waals surface area contributed by atoms with Crippen LogP contribution in [0.25, 0.3) is 0 Å². The first-order chi connectivity index (χ1) is 11.4. The van der Waals surface area contributed by atoms with E-state index in [4.69, 9.17) is 4.74 Å². The average Bonchev–Trinajstić information content (AvgIpc) is 2.77. The van der Waals surface area contributed by atoms with E-state index in [1.165, 1.54) is 24.3 Å². The maximum absolute atomic E-state index is 12.2. The number of Topliss-reactive ketones (excluding diaryl/α,β-unsaturated/α-hetero) is 1. The van der Waals surface area contributed by atoms with E-state index in [9.17, 15) is 24.8 Å². The molecule has 8 nitrogen and oxygen atoms in total. The normalized spacial score (nSPS) is 27.2. The van der Waals surface area contributed by atoms with Gasteiger partial charge in [0.05, 0.1) is 11.0 Å². The lowest BCUT2D eigenvalue weighted by Crippen LogP contribution is -2.60. The smallest absolute Gasteiger partial charge is 0.331 e. The number of nitro groups is 1. The topological polar surface area (TPSA) is 110 Å². The van der Waals surface area contributed by atoms with Crippen molar-refractivity contribution in [1.29, 1.82) is 0 Å². The SMILES string of the molecule is C[C@@H](O)[C@H]1CN2[C@@H](C(=O)OCc3ccc([N+](=O)[O-])cc3)C(=O)C[C@H]12. The lowest BCUT2D eigenvalue weighted by atomic mass is 9.85. The first kappa shape index (κ1) is 16.5. The van der Waals surface area contributed by atoms with Crippen molar-refractivity contribution in [3.05, 3.63) is 39.9 Å². The number of ketones is 1. The van der Waals surface area contributed by atoms with Crippen molar-refractivity contribution < 1.29 is 24.4 Å². The Morgan fingerprint density at radius 1 is 1.46 bits per heavy atom. The molecular weight excluding hydrogens is 316 g/mol. The van der Waals surface area contributed by atoms with Crippen LogP contribution in [-0.4, -0.2) is 51.4 Å². The minimum atomic E-state index is -0.900. The first-order valence-corrected chi connectivity index (χ1v) is 7.75. The summed E-state index contributed by atoms with van der Waals surface area (Å²) < 4.78 is 5.20. The molecule has 8 heteroatoms. The minimum Gasteiger partial charge on any atom is -0.459 e. The third kappa shape index (κ3) is 2.90. The number of ether oxygens (including phenoxy) is 1. The van der Waals surface area contributed by atoms with Crippen molar-refractivity contribution in [2.45, 2.75) is 38.1 Å². The Balaban J connectivity index is 1.58. The predicted octanol–water partition coefficient (Wildman–Crippen LogP) is 0.661. The molecule has 0 amide bonds. The van der Waals surface area contributed by atoms with Crippen molar-refractivity contribution in [3.63, 3.8) is 0 Å². The summed E-state index contributed by atoms with van der Waals surface area (Å²) in [6.07, 6.45) is -0.249. The Labute approximate surface area is 138 Å². The fourth-order valence-electron chi connectivity index (χ4n) is 3.36. The molecule has 1 N–H and O–H groups in total. The number of hydrogen-bond donors (Lipinski definition) is 1. The Morgan fingerprint density at radius 3 is 2.71 bits per heavy atom. The van der Waals surface area contributed by atoms with Gasteiger partial charge in [0.25, 0.3) is 5.69 Å². The fraction of sp³-hybridized carbons (Fsp3) is 0.500. The van der Waals surface area contributed by atoms with Gasteiger partial charge in [-0.15, -0.1) is 0 Å². The highest BCUT2D eigenvalue weighted by atomic mass is 16.6. The molecule has 2 aliphatic heterocycles. The van der Waals surface area contributed by atoms with Crippen LogP contribution in [0.3, 0.4) is 0 Å². The molecule has 0 unspecified atom stereocenters. The van der Waals surface area contributed by atoms with Crippen LogP contribution in [0.2, 0.25) is 0 Å². The highest BCUT2D eigenvalue weighted by Crippen LogP contribution is 2.38. The first-order valence-electron chi connectivity index (χ1n) is 7.75. The number of nitro benzene ring substituents is 1. The highest BCUT2D eigenvalue weighted by Gasteiger charge is 2.55. The summed E-state index contributed by atoms with van der Waals surface area (Å²) in [4.78, 5) is 36.2. The van der Waals surface area contributed by atoms with E-state index in [0.29, 0.717) is 12.1 Å². The van der Waals surface area contributed by atoms with Crippen molar-refractivity contribution in [2.24, 2.45) is 5.92 Å². The molecule has 24 heavy (non-hydrogen) atoms. The maximum Gasteiger partial charge on any atom is 0.331 e. The predicted molar refractivity (Wildman–Crippen MR) is 82.0 cm³/mol. The van der Waals surface area contributed by atoms with Gasteiger partial charge in [-0.2, -0.15) is 0 Å². The van der Waals surface area contributed by atoms with Crippen molar-refractivity contribution in [3.8, 4) is 0 Å². The van der Waals surface area contributed by atoms with Gasteiger partial charge in [0, 0.05) is 37.1 Å². The zero-order chi connectivity index (χ0) is 17.4. The Bertz CT molecular complexity index is 672. The van der Waals surface area contributed by atoms with Crippen molar-refractivity contribution in [2.75, 3.05) is 6.54 Å². The molecule has 0 aromatic heterocycles. The van der Waals surface area contributed by atoms with E-state index in [-0.39, 0.29) is 36.5 Å². The van der Waals surface area contributed by atoms with Crippen LogP contribution in [0.1, 0.15) is 18.9 Å². The average molecular weight is 334 g/mol. The number of rotatable bonds is 5. The number of esters is 1. The van der Waals surface area contributed by atoms with Crippen LogP contribution >= 0.6 is 0 Å². The van der Waals surface area contributed by atoms with E-state index >= 15 is 0 Å². The lowest BCUT2D eigenvalue weighted by molar-refractivity contribution is -0.384. The second kappa shape index (κ2) is 6.29. The summed E-state index contributed by atoms with van der Waals surface area (Å²) in [5.41, 5.74) is 0.574. The van der Waals surface area contributed by atoms with Gasteiger partial charge in [0.1, 0.15) is 6.61 Å².